The van der Waals surface area contributed by atoms with Gasteiger partial charge in [0.15, 0.2) is 0 Å². The van der Waals surface area contributed by atoms with E-state index in [9.17, 15) is 5.26 Å². The smallest absolute Gasteiger partial charge is 0.146 e. The summed E-state index contributed by atoms with van der Waals surface area (Å²) in [7, 11) is 0. The van der Waals surface area contributed by atoms with Crippen molar-refractivity contribution in [2.45, 2.75) is 32.4 Å². The third-order valence-electron chi connectivity index (χ3n) is 4.68. The lowest BCUT2D eigenvalue weighted by atomic mass is 10.1. The molecule has 4 heterocycles. The zero-order valence-electron chi connectivity index (χ0n) is 14.2. The average Bonchev–Trinajstić information content (AvgIpc) is 3.09. The van der Waals surface area contributed by atoms with Gasteiger partial charge in [0.2, 0.25) is 0 Å². The summed E-state index contributed by atoms with van der Waals surface area (Å²) in [5.74, 6) is 1.64. The number of nitrogens with one attached hydrogen (secondary N) is 1. The van der Waals surface area contributed by atoms with E-state index in [4.69, 9.17) is 9.72 Å². The van der Waals surface area contributed by atoms with Crippen LogP contribution in [-0.4, -0.2) is 40.7 Å². The van der Waals surface area contributed by atoms with Gasteiger partial charge in [0, 0.05) is 42.9 Å². The van der Waals surface area contributed by atoms with Gasteiger partial charge in [0.05, 0.1) is 24.5 Å². The minimum atomic E-state index is 0.280. The Morgan fingerprint density at radius 3 is 3.12 bits per heavy atom. The van der Waals surface area contributed by atoms with Gasteiger partial charge in [-0.2, -0.15) is 5.26 Å². The number of pyridine rings is 1. The van der Waals surface area contributed by atoms with Crippen molar-refractivity contribution >= 4 is 11.6 Å². The first-order valence-electron chi connectivity index (χ1n) is 8.53. The summed E-state index contributed by atoms with van der Waals surface area (Å²) in [6.07, 6.45) is 3.37. The minimum absolute atomic E-state index is 0.280. The second kappa shape index (κ2) is 6.65. The van der Waals surface area contributed by atoms with Crippen LogP contribution >= 0.6 is 0 Å². The minimum Gasteiger partial charge on any atom is -0.376 e. The number of hydrogen-bond donors (Lipinski definition) is 1. The number of anilines is 2. The van der Waals surface area contributed by atoms with Crippen molar-refractivity contribution in [3.63, 3.8) is 0 Å². The lowest BCUT2D eigenvalue weighted by Gasteiger charge is -2.23. The maximum absolute atomic E-state index is 9.52. The first-order chi connectivity index (χ1) is 12.2. The van der Waals surface area contributed by atoms with Crippen molar-refractivity contribution < 1.29 is 4.74 Å². The Bertz CT molecular complexity index is 831. The van der Waals surface area contributed by atoms with Gasteiger partial charge in [-0.15, -0.1) is 0 Å². The zero-order valence-corrected chi connectivity index (χ0v) is 14.2. The van der Waals surface area contributed by atoms with Crippen LogP contribution in [0, 0.1) is 18.3 Å². The fourth-order valence-corrected chi connectivity index (χ4v) is 3.41. The third kappa shape index (κ3) is 3.26. The quantitative estimate of drug-likeness (QED) is 0.914. The number of ether oxygens (including phenoxy) is 1. The predicted octanol–water partition coefficient (Wildman–Crippen LogP) is 1.82. The van der Waals surface area contributed by atoms with Gasteiger partial charge in [-0.3, -0.25) is 0 Å². The van der Waals surface area contributed by atoms with Gasteiger partial charge in [-0.1, -0.05) is 0 Å². The van der Waals surface area contributed by atoms with Crippen LogP contribution in [0.1, 0.15) is 28.9 Å². The molecule has 0 aliphatic carbocycles. The monoisotopic (exact) mass is 336 g/mol. The molecule has 2 aliphatic rings. The molecule has 0 aromatic carbocycles. The highest BCUT2D eigenvalue weighted by Gasteiger charge is 2.27. The van der Waals surface area contributed by atoms with E-state index in [0.717, 1.165) is 54.5 Å². The maximum atomic E-state index is 9.52. The zero-order chi connectivity index (χ0) is 17.2. The van der Waals surface area contributed by atoms with Crippen LogP contribution in [0.15, 0.2) is 18.5 Å². The van der Waals surface area contributed by atoms with Crippen molar-refractivity contribution in [2.75, 3.05) is 29.9 Å². The molecular weight excluding hydrogens is 316 g/mol. The predicted molar refractivity (Wildman–Crippen MR) is 93.3 cm³/mol. The first-order valence-corrected chi connectivity index (χ1v) is 8.53. The van der Waals surface area contributed by atoms with Crippen molar-refractivity contribution in [3.8, 4) is 6.07 Å². The van der Waals surface area contributed by atoms with E-state index in [1.807, 2.05) is 19.1 Å². The number of nitrogens with zero attached hydrogens (tertiary/aromatic N) is 5. The van der Waals surface area contributed by atoms with Gasteiger partial charge in [-0.05, 0) is 19.4 Å². The molecule has 7 nitrogen and oxygen atoms in total. The molecule has 1 saturated heterocycles. The lowest BCUT2D eigenvalue weighted by Crippen LogP contribution is -2.28. The number of aromatic nitrogens is 3. The standard InChI is InChI=1S/C18H20N6O/c1-12-6-17(21-11-20-12)22-15-2-4-24(9-15)18-13(8-19)7-14-10-25-5-3-16(14)23-18/h6-7,11,15H,2-5,9-10H2,1H3,(H,20,21,22). The molecule has 2 aromatic rings. The summed E-state index contributed by atoms with van der Waals surface area (Å²) in [6.45, 7) is 4.88. The van der Waals surface area contributed by atoms with Gasteiger partial charge >= 0.3 is 0 Å². The van der Waals surface area contributed by atoms with E-state index in [1.54, 1.807) is 6.33 Å². The molecular formula is C18H20N6O. The van der Waals surface area contributed by atoms with Crippen LogP contribution in [0.25, 0.3) is 0 Å². The lowest BCUT2D eigenvalue weighted by molar-refractivity contribution is 0.109. The summed E-state index contributed by atoms with van der Waals surface area (Å²) in [4.78, 5) is 15.4. The second-order valence-corrected chi connectivity index (χ2v) is 6.50. The number of nitriles is 1. The van der Waals surface area contributed by atoms with E-state index in [2.05, 4.69) is 26.3 Å². The second-order valence-electron chi connectivity index (χ2n) is 6.50. The van der Waals surface area contributed by atoms with Crippen molar-refractivity contribution in [2.24, 2.45) is 0 Å². The summed E-state index contributed by atoms with van der Waals surface area (Å²) in [5, 5.41) is 13.0. The fourth-order valence-electron chi connectivity index (χ4n) is 3.41. The van der Waals surface area contributed by atoms with Crippen LogP contribution in [0.5, 0.6) is 0 Å². The first kappa shape index (κ1) is 15.8. The van der Waals surface area contributed by atoms with Crippen molar-refractivity contribution in [1.29, 1.82) is 5.26 Å². The molecule has 4 rings (SSSR count). The molecule has 0 amide bonds. The molecule has 2 aliphatic heterocycles. The van der Waals surface area contributed by atoms with E-state index in [0.29, 0.717) is 18.8 Å². The molecule has 0 radical (unpaired) electrons. The number of rotatable bonds is 3. The Hall–Kier alpha value is -2.72. The van der Waals surface area contributed by atoms with Crippen LogP contribution in [0.4, 0.5) is 11.6 Å². The Balaban J connectivity index is 1.52. The molecule has 0 saturated carbocycles. The molecule has 128 valence electrons. The molecule has 2 aromatic heterocycles. The molecule has 1 N–H and O–H groups in total. The number of aryl methyl sites for hydroxylation is 1. The average molecular weight is 336 g/mol. The summed E-state index contributed by atoms with van der Waals surface area (Å²) >= 11 is 0. The van der Waals surface area contributed by atoms with Gasteiger partial charge < -0.3 is 15.0 Å². The van der Waals surface area contributed by atoms with Gasteiger partial charge in [0.1, 0.15) is 24.0 Å². The van der Waals surface area contributed by atoms with E-state index >= 15 is 0 Å². The highest BCUT2D eigenvalue weighted by Crippen LogP contribution is 2.27. The highest BCUT2D eigenvalue weighted by molar-refractivity contribution is 5.57. The molecule has 1 atom stereocenters. The van der Waals surface area contributed by atoms with Crippen LogP contribution < -0.4 is 10.2 Å². The Labute approximate surface area is 146 Å². The van der Waals surface area contributed by atoms with E-state index in [1.165, 1.54) is 0 Å². The number of hydrogen-bond acceptors (Lipinski definition) is 7. The molecule has 0 bridgehead atoms. The molecule has 0 spiro atoms. The fraction of sp³-hybridized carbons (Fsp3) is 0.444. The third-order valence-corrected chi connectivity index (χ3v) is 4.68. The summed E-state index contributed by atoms with van der Waals surface area (Å²) < 4.78 is 5.47. The Morgan fingerprint density at radius 1 is 1.36 bits per heavy atom. The number of fused-ring (bicyclic) bond motifs is 1. The highest BCUT2D eigenvalue weighted by atomic mass is 16.5. The molecule has 1 unspecified atom stereocenters. The largest absolute Gasteiger partial charge is 0.376 e. The summed E-state index contributed by atoms with van der Waals surface area (Å²) in [6, 6.07) is 6.45. The van der Waals surface area contributed by atoms with Crippen LogP contribution in [0.3, 0.4) is 0 Å². The van der Waals surface area contributed by atoms with E-state index in [-0.39, 0.29) is 6.04 Å². The SMILES string of the molecule is Cc1cc(NC2CCN(c3nc4c(cc3C#N)COCC4)C2)ncn1. The Morgan fingerprint density at radius 2 is 2.28 bits per heavy atom. The molecule has 25 heavy (non-hydrogen) atoms. The van der Waals surface area contributed by atoms with Crippen LogP contribution in [0.2, 0.25) is 0 Å². The van der Waals surface area contributed by atoms with Gasteiger partial charge in [0.25, 0.3) is 0 Å². The Kier molecular flexibility index (Phi) is 4.20. The summed E-state index contributed by atoms with van der Waals surface area (Å²) in [5.41, 5.74) is 3.67. The molecule has 7 heteroatoms. The van der Waals surface area contributed by atoms with Crippen molar-refractivity contribution in [3.05, 3.63) is 41.0 Å². The van der Waals surface area contributed by atoms with Crippen LogP contribution in [-0.2, 0) is 17.8 Å². The van der Waals surface area contributed by atoms with Crippen molar-refractivity contribution in [1.82, 2.24) is 15.0 Å². The maximum Gasteiger partial charge on any atom is 0.146 e. The van der Waals surface area contributed by atoms with E-state index < -0.39 is 0 Å². The molecule has 1 fully saturated rings. The topological polar surface area (TPSA) is 87.0 Å². The normalized spacial score (nSPS) is 19.4. The van der Waals surface area contributed by atoms with Gasteiger partial charge in [-0.25, -0.2) is 15.0 Å².